The first kappa shape index (κ1) is 50.0. The smallest absolute Gasteiger partial charge is 0.0216 e. The lowest BCUT2D eigenvalue weighted by Gasteiger charge is -2.33. The van der Waals surface area contributed by atoms with Crippen molar-refractivity contribution in [3.05, 3.63) is 104 Å². The van der Waals surface area contributed by atoms with E-state index in [1.165, 1.54) is 221 Å². The summed E-state index contributed by atoms with van der Waals surface area (Å²) < 4.78 is 2.44. The molecule has 0 unspecified atom stereocenters. The van der Waals surface area contributed by atoms with Gasteiger partial charge >= 0.3 is 0 Å². The summed E-state index contributed by atoms with van der Waals surface area (Å²) in [7, 11) is 3.97. The van der Waals surface area contributed by atoms with E-state index in [2.05, 4.69) is 132 Å². The van der Waals surface area contributed by atoms with Crippen molar-refractivity contribution >= 4 is 53.4 Å². The Morgan fingerprint density at radius 2 is 0.581 bits per heavy atom. The topological polar surface area (TPSA) is 0 Å². The average Bonchev–Trinajstić information content (AvgIpc) is 3.69. The molecule has 4 aromatic rings. The maximum Gasteiger partial charge on any atom is 0.0216 e. The molecule has 0 aliphatic heterocycles. The van der Waals surface area contributed by atoms with E-state index < -0.39 is 0 Å². The lowest BCUT2D eigenvalue weighted by atomic mass is 9.70. The van der Waals surface area contributed by atoms with Gasteiger partial charge in [0, 0.05) is 29.6 Å². The van der Waals surface area contributed by atoms with Crippen LogP contribution in [0.25, 0.3) is 22.3 Å². The lowest BCUT2D eigenvalue weighted by Crippen LogP contribution is -2.25. The molecule has 0 fully saturated rings. The molecule has 0 bridgehead atoms. The van der Waals surface area contributed by atoms with Crippen molar-refractivity contribution in [3.8, 4) is 22.3 Å². The highest BCUT2D eigenvalue weighted by atomic mass is 79.9. The molecule has 0 saturated heterocycles. The van der Waals surface area contributed by atoms with Crippen LogP contribution in [0.3, 0.4) is 0 Å². The molecule has 62 heavy (non-hydrogen) atoms. The molecule has 0 nitrogen and oxygen atoms in total. The van der Waals surface area contributed by atoms with Gasteiger partial charge in [-0.1, -0.05) is 260 Å². The van der Waals surface area contributed by atoms with Gasteiger partial charge < -0.3 is 0 Å². The molecule has 0 atom stereocenters. The Balaban J connectivity index is 1.28. The van der Waals surface area contributed by atoms with Crippen molar-refractivity contribution in [3.63, 3.8) is 0 Å². The predicted molar refractivity (Wildman–Crippen MR) is 284 cm³/mol. The molecule has 0 radical (unpaired) electrons. The minimum absolute atomic E-state index is 0.0888. The van der Waals surface area contributed by atoms with Gasteiger partial charge in [-0.15, -0.1) is 0 Å². The largest absolute Gasteiger partial charge is 0.0654 e. The molecule has 338 valence electrons. The van der Waals surface area contributed by atoms with Crippen LogP contribution in [0.2, 0.25) is 0 Å². The first-order chi connectivity index (χ1) is 30.4. The SMILES string of the molecule is CCCCCCCCC1(CCCCCCCC)c2cc(Br)ccc2-c2ccc(SSc3ccc4c(c3)C(CCCCCCCC)(CCCCCCCC)c3cc(Br)ccc3-4)cc21. The standard InChI is InChI=1S/C58H80Br2S2/c1-5-9-13-17-21-25-37-57(38-26-22-18-14-10-6-2)53-41-45(59)29-33-49(53)51-35-31-47(43-55(51)57)61-62-48-32-36-52-50-34-30-46(60)42-54(50)58(56(52)44-48,39-27-23-19-15-11-7-3)40-28-24-20-16-12-8-4/h29-36,41-44H,5-28,37-40H2,1-4H3. The Hall–Kier alpha value is -1.46. The maximum absolute atomic E-state index is 3.93. The third-order valence-corrected chi connectivity index (χ3v) is 18.0. The summed E-state index contributed by atoms with van der Waals surface area (Å²) in [5, 5.41) is 0. The number of unbranched alkanes of at least 4 members (excludes halogenated alkanes) is 20. The van der Waals surface area contributed by atoms with E-state index in [4.69, 9.17) is 0 Å². The van der Waals surface area contributed by atoms with Crippen LogP contribution < -0.4 is 0 Å². The third kappa shape index (κ3) is 12.7. The van der Waals surface area contributed by atoms with E-state index in [0.29, 0.717) is 0 Å². The third-order valence-electron chi connectivity index (χ3n) is 14.7. The second-order valence-corrected chi connectivity index (χ2v) is 23.3. The zero-order valence-corrected chi connectivity index (χ0v) is 44.1. The Morgan fingerprint density at radius 1 is 0.323 bits per heavy atom. The van der Waals surface area contributed by atoms with Crippen molar-refractivity contribution in [1.82, 2.24) is 0 Å². The number of fused-ring (bicyclic) bond motifs is 6. The highest BCUT2D eigenvalue weighted by Crippen LogP contribution is 2.58. The van der Waals surface area contributed by atoms with Gasteiger partial charge in [-0.25, -0.2) is 0 Å². The van der Waals surface area contributed by atoms with Gasteiger partial charge in [-0.3, -0.25) is 0 Å². The predicted octanol–water partition coefficient (Wildman–Crippen LogP) is 21.5. The van der Waals surface area contributed by atoms with Crippen LogP contribution in [0.1, 0.15) is 230 Å². The zero-order chi connectivity index (χ0) is 43.6. The van der Waals surface area contributed by atoms with Crippen LogP contribution in [0.15, 0.2) is 91.5 Å². The van der Waals surface area contributed by atoms with Gasteiger partial charge in [-0.05, 0) is 119 Å². The van der Waals surface area contributed by atoms with E-state index in [9.17, 15) is 0 Å². The highest BCUT2D eigenvalue weighted by molar-refractivity contribution is 9.10. The van der Waals surface area contributed by atoms with Crippen LogP contribution >= 0.6 is 53.4 Å². The molecule has 0 aromatic heterocycles. The number of benzene rings is 4. The van der Waals surface area contributed by atoms with Gasteiger partial charge in [0.2, 0.25) is 0 Å². The Kier molecular flexibility index (Phi) is 21.0. The lowest BCUT2D eigenvalue weighted by molar-refractivity contribution is 0.397. The highest BCUT2D eigenvalue weighted by Gasteiger charge is 2.44. The summed E-state index contributed by atoms with van der Waals surface area (Å²) in [4.78, 5) is 2.79. The van der Waals surface area contributed by atoms with Crippen LogP contribution in [0, 0.1) is 0 Å². The second-order valence-electron chi connectivity index (χ2n) is 19.2. The molecule has 2 aliphatic carbocycles. The summed E-state index contributed by atoms with van der Waals surface area (Å²) in [6.45, 7) is 9.33. The molecule has 0 amide bonds. The molecule has 2 aliphatic rings. The minimum atomic E-state index is 0.0888. The van der Waals surface area contributed by atoms with Gasteiger partial charge in [-0.2, -0.15) is 0 Å². The van der Waals surface area contributed by atoms with Gasteiger partial charge in [0.1, 0.15) is 0 Å². The van der Waals surface area contributed by atoms with Crippen molar-refractivity contribution < 1.29 is 0 Å². The average molecular weight is 1000 g/mol. The number of hydrogen-bond acceptors (Lipinski definition) is 2. The van der Waals surface area contributed by atoms with E-state index >= 15 is 0 Å². The van der Waals surface area contributed by atoms with E-state index in [-0.39, 0.29) is 10.8 Å². The summed E-state index contributed by atoms with van der Waals surface area (Å²) in [6.07, 6.45) is 37.4. The fraction of sp³-hybridized carbons (Fsp3) is 0.586. The van der Waals surface area contributed by atoms with Crippen molar-refractivity contribution in [2.75, 3.05) is 0 Å². The van der Waals surface area contributed by atoms with E-state index in [1.54, 1.807) is 22.3 Å². The minimum Gasteiger partial charge on any atom is -0.0654 e. The van der Waals surface area contributed by atoms with Gasteiger partial charge in [0.05, 0.1) is 0 Å². The van der Waals surface area contributed by atoms with Crippen LogP contribution in [0.4, 0.5) is 0 Å². The number of halogens is 2. The maximum atomic E-state index is 3.93. The van der Waals surface area contributed by atoms with Crippen molar-refractivity contribution in [2.45, 2.75) is 228 Å². The first-order valence-electron chi connectivity index (χ1n) is 25.6. The molecule has 6 rings (SSSR count). The van der Waals surface area contributed by atoms with Crippen molar-refractivity contribution in [2.24, 2.45) is 0 Å². The molecule has 4 aromatic carbocycles. The molecule has 0 spiro atoms. The zero-order valence-electron chi connectivity index (χ0n) is 39.3. The quantitative estimate of drug-likeness (QED) is 0.0364. The second kappa shape index (κ2) is 26.0. The molecule has 0 heterocycles. The van der Waals surface area contributed by atoms with Gasteiger partial charge in [0.15, 0.2) is 0 Å². The summed E-state index contributed by atoms with van der Waals surface area (Å²) in [5.74, 6) is 0. The Bertz CT molecular complexity index is 1790. The van der Waals surface area contributed by atoms with Crippen LogP contribution in [-0.2, 0) is 10.8 Å². The van der Waals surface area contributed by atoms with Gasteiger partial charge in [0.25, 0.3) is 0 Å². The summed E-state index contributed by atoms with van der Waals surface area (Å²) in [5.41, 5.74) is 12.4. The van der Waals surface area contributed by atoms with E-state index in [1.807, 2.05) is 21.6 Å². The summed E-state index contributed by atoms with van der Waals surface area (Å²) >= 11 is 7.86. The van der Waals surface area contributed by atoms with Crippen molar-refractivity contribution in [1.29, 1.82) is 0 Å². The normalized spacial score (nSPS) is 14.2. The number of rotatable bonds is 31. The number of hydrogen-bond donors (Lipinski definition) is 0. The molecule has 4 heteroatoms. The molecular weight excluding hydrogens is 921 g/mol. The molecule has 0 N–H and O–H groups in total. The Morgan fingerprint density at radius 3 is 0.887 bits per heavy atom. The molecular formula is C58H80Br2S2. The first-order valence-corrected chi connectivity index (χ1v) is 29.4. The van der Waals surface area contributed by atoms with Crippen LogP contribution in [0.5, 0.6) is 0 Å². The fourth-order valence-corrected chi connectivity index (χ4v) is 13.9. The summed E-state index contributed by atoms with van der Waals surface area (Å²) in [6, 6.07) is 29.5. The Labute approximate surface area is 404 Å². The van der Waals surface area contributed by atoms with Crippen LogP contribution in [-0.4, -0.2) is 0 Å². The molecule has 0 saturated carbocycles. The monoisotopic (exact) mass is 998 g/mol. The van der Waals surface area contributed by atoms with E-state index in [0.717, 1.165) is 0 Å². The fourth-order valence-electron chi connectivity index (χ4n) is 11.2.